The SMILES string of the molecule is Cc1nn(C)c(OCC[C@H](C)Nc2cc(Cl)ncc2-c2ncc(CN3CC(C(C)(C)F)C3)cc2F)c1-c1nccc(N)n1. The molecule has 1 aliphatic rings. The zero-order valence-electron chi connectivity index (χ0n) is 24.9. The van der Waals surface area contributed by atoms with E-state index in [0.29, 0.717) is 67.0 Å². The number of nitrogens with two attached hydrogens (primary N) is 1. The van der Waals surface area contributed by atoms with Gasteiger partial charge in [-0.05, 0) is 51.5 Å². The molecule has 1 fully saturated rings. The Morgan fingerprint density at radius 2 is 1.98 bits per heavy atom. The summed E-state index contributed by atoms with van der Waals surface area (Å²) in [5.74, 6) is 0.860. The fourth-order valence-corrected chi connectivity index (χ4v) is 5.27. The Hall–Kier alpha value is -3.90. The number of aromatic nitrogens is 6. The molecule has 3 N–H and O–H groups in total. The van der Waals surface area contributed by atoms with Crippen molar-refractivity contribution in [1.82, 2.24) is 34.6 Å². The molecule has 1 saturated heterocycles. The van der Waals surface area contributed by atoms with Gasteiger partial charge in [0.25, 0.3) is 0 Å². The van der Waals surface area contributed by atoms with Gasteiger partial charge in [0, 0.05) is 74.9 Å². The average Bonchev–Trinajstić information content (AvgIpc) is 3.18. The molecule has 0 spiro atoms. The third kappa shape index (κ3) is 7.02. The van der Waals surface area contributed by atoms with E-state index in [4.69, 9.17) is 22.1 Å². The van der Waals surface area contributed by atoms with E-state index < -0.39 is 11.5 Å². The summed E-state index contributed by atoms with van der Waals surface area (Å²) in [7, 11) is 1.79. The first-order valence-electron chi connectivity index (χ1n) is 14.1. The van der Waals surface area contributed by atoms with Gasteiger partial charge in [-0.3, -0.25) is 9.88 Å². The first-order valence-corrected chi connectivity index (χ1v) is 14.5. The monoisotopic (exact) mass is 611 g/mol. The molecular formula is C30H36ClF2N9O. The van der Waals surface area contributed by atoms with Gasteiger partial charge in [0.2, 0.25) is 5.88 Å². The molecule has 13 heteroatoms. The number of anilines is 2. The predicted octanol–water partition coefficient (Wildman–Crippen LogP) is 5.47. The van der Waals surface area contributed by atoms with Crippen molar-refractivity contribution in [2.45, 2.75) is 52.4 Å². The summed E-state index contributed by atoms with van der Waals surface area (Å²) in [5, 5.41) is 8.13. The van der Waals surface area contributed by atoms with Crippen LogP contribution in [0.5, 0.6) is 5.88 Å². The van der Waals surface area contributed by atoms with Crippen LogP contribution in [0.3, 0.4) is 0 Å². The summed E-state index contributed by atoms with van der Waals surface area (Å²) in [6.07, 6.45) is 5.36. The number of pyridine rings is 2. The highest BCUT2D eigenvalue weighted by molar-refractivity contribution is 6.29. The Morgan fingerprint density at radius 3 is 2.67 bits per heavy atom. The molecular weight excluding hydrogens is 576 g/mol. The van der Waals surface area contributed by atoms with Gasteiger partial charge in [0.05, 0.1) is 12.3 Å². The Morgan fingerprint density at radius 1 is 1.21 bits per heavy atom. The molecule has 4 aromatic rings. The number of nitrogen functional groups attached to an aromatic ring is 1. The van der Waals surface area contributed by atoms with E-state index in [0.717, 1.165) is 11.3 Å². The van der Waals surface area contributed by atoms with Gasteiger partial charge < -0.3 is 15.8 Å². The number of aryl methyl sites for hydroxylation is 2. The van der Waals surface area contributed by atoms with Crippen molar-refractivity contribution in [3.8, 4) is 28.5 Å². The number of ether oxygens (including phenoxy) is 1. The highest BCUT2D eigenvalue weighted by atomic mass is 35.5. The minimum Gasteiger partial charge on any atom is -0.477 e. The van der Waals surface area contributed by atoms with Crippen molar-refractivity contribution in [3.63, 3.8) is 0 Å². The van der Waals surface area contributed by atoms with Crippen LogP contribution in [-0.2, 0) is 13.6 Å². The quantitative estimate of drug-likeness (QED) is 0.213. The van der Waals surface area contributed by atoms with Crippen LogP contribution in [0.25, 0.3) is 22.6 Å². The van der Waals surface area contributed by atoms with E-state index in [9.17, 15) is 4.39 Å². The number of rotatable bonds is 11. The van der Waals surface area contributed by atoms with Crippen molar-refractivity contribution < 1.29 is 13.5 Å². The standard InChI is InChI=1S/C30H36ClF2N9O/c1-17(7-9-43-29-26(18(2)40-41(29)5)28-35-8-6-25(34)39-28)38-23-11-24(31)36-13-21(23)27-22(32)10-19(12-37-27)14-42-15-20(16-42)30(3,4)33/h6,8,10-13,17,20H,7,9,14-16H2,1-5H3,(H,36,38)(H2,34,35,39)/t17-/m0/s1. The predicted molar refractivity (Wildman–Crippen MR) is 163 cm³/mol. The highest BCUT2D eigenvalue weighted by Crippen LogP contribution is 2.34. The number of likely N-dealkylation sites (tertiary alicyclic amines) is 1. The molecule has 228 valence electrons. The Kier molecular flexibility index (Phi) is 8.79. The van der Waals surface area contributed by atoms with Crippen LogP contribution in [0.2, 0.25) is 5.15 Å². The smallest absolute Gasteiger partial charge is 0.223 e. The van der Waals surface area contributed by atoms with Gasteiger partial charge in [-0.25, -0.2) is 28.4 Å². The van der Waals surface area contributed by atoms with Crippen LogP contribution in [0, 0.1) is 18.7 Å². The number of alkyl halides is 1. The van der Waals surface area contributed by atoms with Gasteiger partial charge in [-0.2, -0.15) is 5.10 Å². The van der Waals surface area contributed by atoms with Crippen LogP contribution in [0.15, 0.2) is 36.8 Å². The molecule has 0 saturated carbocycles. The fourth-order valence-electron chi connectivity index (χ4n) is 5.11. The van der Waals surface area contributed by atoms with E-state index >= 15 is 4.39 Å². The normalized spacial score (nSPS) is 14.9. The maximum Gasteiger partial charge on any atom is 0.223 e. The number of halogens is 3. The van der Waals surface area contributed by atoms with Gasteiger partial charge in [-0.1, -0.05) is 11.6 Å². The largest absolute Gasteiger partial charge is 0.477 e. The number of hydrogen-bond acceptors (Lipinski definition) is 9. The molecule has 5 heterocycles. The second-order valence-corrected chi connectivity index (χ2v) is 11.9. The molecule has 1 atom stereocenters. The van der Waals surface area contributed by atoms with Gasteiger partial charge >= 0.3 is 0 Å². The first kappa shape index (κ1) is 30.6. The zero-order valence-corrected chi connectivity index (χ0v) is 25.7. The lowest BCUT2D eigenvalue weighted by Gasteiger charge is -2.44. The Balaban J connectivity index is 1.24. The third-order valence-corrected chi connectivity index (χ3v) is 7.83. The molecule has 0 aliphatic carbocycles. The molecule has 4 aromatic heterocycles. The molecule has 0 amide bonds. The lowest BCUT2D eigenvalue weighted by atomic mass is 9.85. The van der Waals surface area contributed by atoms with E-state index in [1.807, 2.05) is 13.8 Å². The minimum atomic E-state index is -1.22. The van der Waals surface area contributed by atoms with Crippen LogP contribution < -0.4 is 15.8 Å². The summed E-state index contributed by atoms with van der Waals surface area (Å²) < 4.78 is 37.3. The maximum absolute atomic E-state index is 15.3. The zero-order chi connectivity index (χ0) is 30.9. The average molecular weight is 612 g/mol. The van der Waals surface area contributed by atoms with Crippen LogP contribution in [-0.4, -0.2) is 66.0 Å². The van der Waals surface area contributed by atoms with E-state index in [1.165, 1.54) is 12.3 Å². The molecule has 1 aliphatic heterocycles. The summed E-state index contributed by atoms with van der Waals surface area (Å²) in [6, 6.07) is 4.67. The van der Waals surface area contributed by atoms with Crippen LogP contribution in [0.4, 0.5) is 20.3 Å². The summed E-state index contributed by atoms with van der Waals surface area (Å²) in [4.78, 5) is 19.3. The van der Waals surface area contributed by atoms with Gasteiger partial charge in [0.1, 0.15) is 33.7 Å². The highest BCUT2D eigenvalue weighted by Gasteiger charge is 2.38. The van der Waals surface area contributed by atoms with E-state index in [1.54, 1.807) is 50.1 Å². The molecule has 0 unspecified atom stereocenters. The van der Waals surface area contributed by atoms with Crippen LogP contribution in [0.1, 0.15) is 38.4 Å². The van der Waals surface area contributed by atoms with Crippen molar-refractivity contribution in [1.29, 1.82) is 0 Å². The molecule has 0 radical (unpaired) electrons. The van der Waals surface area contributed by atoms with Crippen LogP contribution >= 0.6 is 11.6 Å². The van der Waals surface area contributed by atoms with Crippen molar-refractivity contribution in [3.05, 3.63) is 59.0 Å². The number of hydrogen-bond donors (Lipinski definition) is 2. The topological polar surface area (TPSA) is 120 Å². The summed E-state index contributed by atoms with van der Waals surface area (Å²) >= 11 is 6.21. The van der Waals surface area contributed by atoms with Crippen molar-refractivity contribution >= 4 is 23.1 Å². The fraction of sp³-hybridized carbons (Fsp3) is 0.433. The van der Waals surface area contributed by atoms with E-state index in [-0.39, 0.29) is 22.8 Å². The Labute approximate surface area is 254 Å². The summed E-state index contributed by atoms with van der Waals surface area (Å²) in [6.45, 7) is 9.19. The maximum atomic E-state index is 15.3. The van der Waals surface area contributed by atoms with Crippen molar-refractivity contribution in [2.24, 2.45) is 13.0 Å². The van der Waals surface area contributed by atoms with Crippen molar-refractivity contribution in [2.75, 3.05) is 30.7 Å². The van der Waals surface area contributed by atoms with E-state index in [2.05, 4.69) is 35.3 Å². The molecule has 0 aromatic carbocycles. The number of nitrogens with one attached hydrogen (secondary N) is 1. The first-order chi connectivity index (χ1) is 20.4. The van der Waals surface area contributed by atoms with Gasteiger partial charge in [-0.15, -0.1) is 0 Å². The molecule has 5 rings (SSSR count). The molecule has 0 bridgehead atoms. The minimum absolute atomic E-state index is 0.0155. The number of nitrogens with zero attached hydrogens (tertiary/aromatic N) is 7. The lowest BCUT2D eigenvalue weighted by Crippen LogP contribution is -2.53. The third-order valence-electron chi connectivity index (χ3n) is 7.62. The van der Waals surface area contributed by atoms with Gasteiger partial charge in [0.15, 0.2) is 5.82 Å². The molecule has 10 nitrogen and oxygen atoms in total. The Bertz CT molecular complexity index is 1600. The summed E-state index contributed by atoms with van der Waals surface area (Å²) in [5.41, 5.74) is 8.05. The second-order valence-electron chi connectivity index (χ2n) is 11.6. The molecule has 43 heavy (non-hydrogen) atoms. The second kappa shape index (κ2) is 12.4. The lowest BCUT2D eigenvalue weighted by molar-refractivity contribution is -0.0124.